The minimum absolute atomic E-state index is 0.0797. The van der Waals surface area contributed by atoms with Crippen molar-refractivity contribution in [2.75, 3.05) is 32.1 Å². The molecule has 1 fully saturated rings. The predicted octanol–water partition coefficient (Wildman–Crippen LogP) is 3.79. The van der Waals surface area contributed by atoms with Gasteiger partial charge in [0.05, 0.1) is 35.2 Å². The zero-order chi connectivity index (χ0) is 21.7. The number of hydrogen-bond acceptors (Lipinski definition) is 5. The van der Waals surface area contributed by atoms with Gasteiger partial charge in [-0.1, -0.05) is 23.7 Å². The van der Waals surface area contributed by atoms with Crippen molar-refractivity contribution in [1.29, 1.82) is 0 Å². The Kier molecular flexibility index (Phi) is 7.23. The van der Waals surface area contributed by atoms with E-state index >= 15 is 0 Å². The SMILES string of the molecule is CCOc1ccccc1NC(=O)[C@@H]1CCCN(S(=O)(=O)c2ccc(OC)c(Cl)c2)C1. The lowest BCUT2D eigenvalue weighted by molar-refractivity contribution is -0.120. The second-order valence-electron chi connectivity index (χ2n) is 6.92. The van der Waals surface area contributed by atoms with Crippen molar-refractivity contribution in [3.63, 3.8) is 0 Å². The van der Waals surface area contributed by atoms with Gasteiger partial charge >= 0.3 is 0 Å². The fraction of sp³-hybridized carbons (Fsp3) is 0.381. The van der Waals surface area contributed by atoms with Crippen LogP contribution in [-0.2, 0) is 14.8 Å². The molecule has 3 rings (SSSR count). The van der Waals surface area contributed by atoms with Crippen LogP contribution in [0.3, 0.4) is 0 Å². The number of methoxy groups -OCH3 is 1. The molecule has 2 aromatic rings. The van der Waals surface area contributed by atoms with Gasteiger partial charge in [0, 0.05) is 13.1 Å². The average molecular weight is 453 g/mol. The van der Waals surface area contributed by atoms with Gasteiger partial charge in [0.1, 0.15) is 11.5 Å². The summed E-state index contributed by atoms with van der Waals surface area (Å²) in [5.41, 5.74) is 0.575. The maximum Gasteiger partial charge on any atom is 0.243 e. The Morgan fingerprint density at radius 3 is 2.70 bits per heavy atom. The maximum atomic E-state index is 13.1. The summed E-state index contributed by atoms with van der Waals surface area (Å²) >= 11 is 6.10. The summed E-state index contributed by atoms with van der Waals surface area (Å²) in [5.74, 6) is 0.299. The Bertz CT molecular complexity index is 1010. The van der Waals surface area contributed by atoms with E-state index in [0.717, 1.165) is 0 Å². The number of sulfonamides is 1. The van der Waals surface area contributed by atoms with Crippen LogP contribution in [0.25, 0.3) is 0 Å². The van der Waals surface area contributed by atoms with Crippen molar-refractivity contribution in [2.24, 2.45) is 5.92 Å². The van der Waals surface area contributed by atoms with Crippen LogP contribution in [0.5, 0.6) is 11.5 Å². The summed E-state index contributed by atoms with van der Waals surface area (Å²) < 4.78 is 38.1. The summed E-state index contributed by atoms with van der Waals surface area (Å²) in [6.45, 7) is 2.81. The largest absolute Gasteiger partial charge is 0.495 e. The molecule has 1 heterocycles. The van der Waals surface area contributed by atoms with Crippen LogP contribution in [0.2, 0.25) is 5.02 Å². The molecular weight excluding hydrogens is 428 g/mol. The first-order valence-corrected chi connectivity index (χ1v) is 11.5. The number of amides is 1. The molecule has 9 heteroatoms. The third kappa shape index (κ3) is 4.88. The highest BCUT2D eigenvalue weighted by atomic mass is 35.5. The van der Waals surface area contributed by atoms with Crippen molar-refractivity contribution < 1.29 is 22.7 Å². The highest BCUT2D eigenvalue weighted by Gasteiger charge is 2.34. The first-order chi connectivity index (χ1) is 14.4. The van der Waals surface area contributed by atoms with Gasteiger partial charge < -0.3 is 14.8 Å². The van der Waals surface area contributed by atoms with Crippen LogP contribution in [0.1, 0.15) is 19.8 Å². The smallest absolute Gasteiger partial charge is 0.243 e. The van der Waals surface area contributed by atoms with Gasteiger partial charge in [-0.25, -0.2) is 8.42 Å². The van der Waals surface area contributed by atoms with Crippen LogP contribution in [0, 0.1) is 5.92 Å². The van der Waals surface area contributed by atoms with Crippen molar-refractivity contribution in [2.45, 2.75) is 24.7 Å². The topological polar surface area (TPSA) is 84.9 Å². The van der Waals surface area contributed by atoms with Crippen LogP contribution in [-0.4, -0.2) is 45.4 Å². The lowest BCUT2D eigenvalue weighted by Crippen LogP contribution is -2.43. The van der Waals surface area contributed by atoms with E-state index < -0.39 is 15.9 Å². The number of carbonyl (C=O) groups is 1. The third-order valence-electron chi connectivity index (χ3n) is 4.96. The standard InChI is InChI=1S/C21H25ClN2O5S/c1-3-29-20-9-5-4-8-18(20)23-21(25)15-7-6-12-24(14-15)30(26,27)16-10-11-19(28-2)17(22)13-16/h4-5,8-11,13,15H,3,6-7,12,14H2,1-2H3,(H,23,25)/t15-/m1/s1. The Morgan fingerprint density at radius 2 is 2.00 bits per heavy atom. The summed E-state index contributed by atoms with van der Waals surface area (Å²) in [4.78, 5) is 12.9. The van der Waals surface area contributed by atoms with E-state index in [0.29, 0.717) is 43.2 Å². The quantitative estimate of drug-likeness (QED) is 0.690. The number of hydrogen-bond donors (Lipinski definition) is 1. The van der Waals surface area contributed by atoms with Crippen molar-refractivity contribution in [3.8, 4) is 11.5 Å². The first kappa shape index (κ1) is 22.4. The van der Waals surface area contributed by atoms with Gasteiger partial charge in [0.2, 0.25) is 15.9 Å². The maximum absolute atomic E-state index is 13.1. The Hall–Kier alpha value is -2.29. The van der Waals surface area contributed by atoms with Crippen molar-refractivity contribution in [1.82, 2.24) is 4.31 Å². The van der Waals surface area contributed by atoms with E-state index in [4.69, 9.17) is 21.1 Å². The number of anilines is 1. The molecule has 1 aliphatic rings. The molecule has 1 aliphatic heterocycles. The molecule has 162 valence electrons. The fourth-order valence-electron chi connectivity index (χ4n) is 3.42. The molecule has 0 aromatic heterocycles. The minimum Gasteiger partial charge on any atom is -0.495 e. The zero-order valence-electron chi connectivity index (χ0n) is 16.9. The van der Waals surface area contributed by atoms with Gasteiger partial charge in [-0.3, -0.25) is 4.79 Å². The predicted molar refractivity (Wildman–Crippen MR) is 116 cm³/mol. The third-order valence-corrected chi connectivity index (χ3v) is 7.12. The first-order valence-electron chi connectivity index (χ1n) is 9.73. The Labute approximate surface area is 182 Å². The summed E-state index contributed by atoms with van der Waals surface area (Å²) in [6.07, 6.45) is 1.20. The molecule has 2 aromatic carbocycles. The van der Waals surface area contributed by atoms with Crippen molar-refractivity contribution >= 4 is 33.2 Å². The summed E-state index contributed by atoms with van der Waals surface area (Å²) in [5, 5.41) is 3.10. The molecule has 1 amide bonds. The molecular formula is C21H25ClN2O5S. The van der Waals surface area contributed by atoms with Crippen LogP contribution < -0.4 is 14.8 Å². The molecule has 0 unspecified atom stereocenters. The number of nitrogens with zero attached hydrogens (tertiary/aromatic N) is 1. The normalized spacial score (nSPS) is 17.4. The number of nitrogens with one attached hydrogen (secondary N) is 1. The second kappa shape index (κ2) is 9.68. The number of ether oxygens (including phenoxy) is 2. The zero-order valence-corrected chi connectivity index (χ0v) is 18.5. The van der Waals surface area contributed by atoms with E-state index in [1.54, 1.807) is 12.1 Å². The van der Waals surface area contributed by atoms with Crippen LogP contribution in [0.4, 0.5) is 5.69 Å². The van der Waals surface area contributed by atoms with E-state index in [-0.39, 0.29) is 22.4 Å². The summed E-state index contributed by atoms with van der Waals surface area (Å²) in [6, 6.07) is 11.5. The number of para-hydroxylation sites is 2. The highest BCUT2D eigenvalue weighted by Crippen LogP contribution is 2.31. The number of rotatable bonds is 7. The lowest BCUT2D eigenvalue weighted by Gasteiger charge is -2.31. The molecule has 1 atom stereocenters. The molecule has 0 saturated carbocycles. The number of halogens is 1. The molecule has 30 heavy (non-hydrogen) atoms. The molecule has 0 radical (unpaired) electrons. The minimum atomic E-state index is -3.78. The van der Waals surface area contributed by atoms with Gasteiger partial charge in [-0.15, -0.1) is 0 Å². The van der Waals surface area contributed by atoms with Gasteiger partial charge in [0.25, 0.3) is 0 Å². The van der Waals surface area contributed by atoms with Gasteiger partial charge in [0.15, 0.2) is 0 Å². The molecule has 1 N–H and O–H groups in total. The molecule has 7 nitrogen and oxygen atoms in total. The summed E-state index contributed by atoms with van der Waals surface area (Å²) in [7, 11) is -2.31. The number of piperidine rings is 1. The monoisotopic (exact) mass is 452 g/mol. The number of carbonyl (C=O) groups excluding carboxylic acids is 1. The fourth-order valence-corrected chi connectivity index (χ4v) is 5.29. The van der Waals surface area contributed by atoms with E-state index in [1.165, 1.54) is 29.6 Å². The lowest BCUT2D eigenvalue weighted by atomic mass is 9.98. The molecule has 0 aliphatic carbocycles. The average Bonchev–Trinajstić information content (AvgIpc) is 2.75. The van der Waals surface area contributed by atoms with Crippen molar-refractivity contribution in [3.05, 3.63) is 47.5 Å². The van der Waals surface area contributed by atoms with E-state index in [2.05, 4.69) is 5.32 Å². The van der Waals surface area contributed by atoms with Gasteiger partial charge in [-0.05, 0) is 50.1 Å². The molecule has 0 bridgehead atoms. The molecule has 0 spiro atoms. The van der Waals surface area contributed by atoms with E-state index in [9.17, 15) is 13.2 Å². The van der Waals surface area contributed by atoms with Crippen LogP contribution >= 0.6 is 11.6 Å². The highest BCUT2D eigenvalue weighted by molar-refractivity contribution is 7.89. The Balaban J connectivity index is 1.75. The Morgan fingerprint density at radius 1 is 1.23 bits per heavy atom. The number of benzene rings is 2. The second-order valence-corrected chi connectivity index (χ2v) is 9.26. The van der Waals surface area contributed by atoms with Crippen LogP contribution in [0.15, 0.2) is 47.4 Å². The molecule has 1 saturated heterocycles. The van der Waals surface area contributed by atoms with E-state index in [1.807, 2.05) is 19.1 Å². The van der Waals surface area contributed by atoms with Gasteiger partial charge in [-0.2, -0.15) is 4.31 Å².